The first kappa shape index (κ1) is 12.7. The SMILES string of the molecule is CCNC(c1ccc(CC)s1)C(C)(C)C. The van der Waals surface area contributed by atoms with E-state index in [0.29, 0.717) is 6.04 Å². The Morgan fingerprint density at radius 3 is 2.33 bits per heavy atom. The number of hydrogen-bond acceptors (Lipinski definition) is 2. The lowest BCUT2D eigenvalue weighted by Gasteiger charge is -2.30. The summed E-state index contributed by atoms with van der Waals surface area (Å²) in [5, 5.41) is 3.59. The van der Waals surface area contributed by atoms with Gasteiger partial charge in [-0.2, -0.15) is 0 Å². The number of nitrogens with one attached hydrogen (secondary N) is 1. The molecule has 0 aliphatic carbocycles. The summed E-state index contributed by atoms with van der Waals surface area (Å²) in [4.78, 5) is 2.96. The van der Waals surface area contributed by atoms with Crippen LogP contribution in [0, 0.1) is 5.41 Å². The molecule has 1 heterocycles. The lowest BCUT2D eigenvalue weighted by molar-refractivity contribution is 0.281. The second-order valence-corrected chi connectivity index (χ2v) is 6.21. The van der Waals surface area contributed by atoms with Crippen molar-refractivity contribution in [2.45, 2.75) is 47.1 Å². The van der Waals surface area contributed by atoms with Crippen LogP contribution in [-0.4, -0.2) is 6.54 Å². The van der Waals surface area contributed by atoms with Crippen LogP contribution in [0.25, 0.3) is 0 Å². The van der Waals surface area contributed by atoms with Crippen LogP contribution in [-0.2, 0) is 6.42 Å². The Bertz CT molecular complexity index is 296. The van der Waals surface area contributed by atoms with Gasteiger partial charge in [0.1, 0.15) is 0 Å². The zero-order valence-electron chi connectivity index (χ0n) is 10.6. The Hall–Kier alpha value is -0.340. The Kier molecular flexibility index (Phi) is 4.35. The van der Waals surface area contributed by atoms with Crippen molar-refractivity contribution >= 4 is 11.3 Å². The maximum Gasteiger partial charge on any atom is 0.0464 e. The van der Waals surface area contributed by atoms with Crippen molar-refractivity contribution in [2.24, 2.45) is 5.41 Å². The zero-order chi connectivity index (χ0) is 11.5. The van der Waals surface area contributed by atoms with Gasteiger partial charge in [-0.3, -0.25) is 0 Å². The van der Waals surface area contributed by atoms with E-state index in [9.17, 15) is 0 Å². The molecule has 1 atom stereocenters. The first-order valence-corrected chi connectivity index (χ1v) is 6.62. The maximum absolute atomic E-state index is 3.59. The lowest BCUT2D eigenvalue weighted by atomic mass is 9.86. The lowest BCUT2D eigenvalue weighted by Crippen LogP contribution is -2.31. The predicted molar refractivity (Wildman–Crippen MR) is 69.6 cm³/mol. The average molecular weight is 225 g/mol. The number of hydrogen-bond donors (Lipinski definition) is 1. The van der Waals surface area contributed by atoms with E-state index in [1.807, 2.05) is 11.3 Å². The Morgan fingerprint density at radius 1 is 1.27 bits per heavy atom. The smallest absolute Gasteiger partial charge is 0.0464 e. The monoisotopic (exact) mass is 225 g/mol. The first-order chi connectivity index (χ1) is 6.99. The molecule has 0 saturated carbocycles. The van der Waals surface area contributed by atoms with Crippen molar-refractivity contribution in [1.29, 1.82) is 0 Å². The van der Waals surface area contributed by atoms with E-state index >= 15 is 0 Å². The van der Waals surface area contributed by atoms with Crippen molar-refractivity contribution in [3.05, 3.63) is 21.9 Å². The van der Waals surface area contributed by atoms with Crippen LogP contribution in [0.3, 0.4) is 0 Å². The summed E-state index contributed by atoms with van der Waals surface area (Å²) in [7, 11) is 0. The van der Waals surface area contributed by atoms with E-state index in [2.05, 4.69) is 52.1 Å². The van der Waals surface area contributed by atoms with Gasteiger partial charge in [0.05, 0.1) is 0 Å². The summed E-state index contributed by atoms with van der Waals surface area (Å²) in [5.41, 5.74) is 0.284. The summed E-state index contributed by atoms with van der Waals surface area (Å²) >= 11 is 1.95. The summed E-state index contributed by atoms with van der Waals surface area (Å²) in [6.45, 7) is 12.3. The number of rotatable bonds is 4. The molecule has 0 saturated heterocycles. The normalized spacial score (nSPS) is 14.2. The molecule has 0 radical (unpaired) electrons. The molecule has 1 aromatic heterocycles. The zero-order valence-corrected chi connectivity index (χ0v) is 11.4. The van der Waals surface area contributed by atoms with Crippen molar-refractivity contribution in [1.82, 2.24) is 5.32 Å². The second kappa shape index (κ2) is 5.13. The second-order valence-electron chi connectivity index (χ2n) is 5.01. The van der Waals surface area contributed by atoms with Gasteiger partial charge < -0.3 is 5.32 Å². The molecule has 1 N–H and O–H groups in total. The molecule has 1 unspecified atom stereocenters. The third kappa shape index (κ3) is 3.32. The third-order valence-corrected chi connectivity index (χ3v) is 3.88. The Morgan fingerprint density at radius 2 is 1.93 bits per heavy atom. The fraction of sp³-hybridized carbons (Fsp3) is 0.692. The molecule has 1 rings (SSSR count). The van der Waals surface area contributed by atoms with E-state index in [1.54, 1.807) is 0 Å². The van der Waals surface area contributed by atoms with E-state index in [1.165, 1.54) is 9.75 Å². The van der Waals surface area contributed by atoms with Crippen LogP contribution in [0.1, 0.15) is 50.4 Å². The maximum atomic E-state index is 3.59. The third-order valence-electron chi connectivity index (χ3n) is 2.59. The van der Waals surface area contributed by atoms with Gasteiger partial charge in [-0.25, -0.2) is 0 Å². The van der Waals surface area contributed by atoms with Gasteiger partial charge >= 0.3 is 0 Å². The standard InChI is InChI=1S/C13H23NS/c1-6-10-8-9-11(15-10)12(14-7-2)13(3,4)5/h8-9,12,14H,6-7H2,1-5H3. The largest absolute Gasteiger partial charge is 0.309 e. The van der Waals surface area contributed by atoms with Crippen LogP contribution < -0.4 is 5.32 Å². The van der Waals surface area contributed by atoms with Gasteiger partial charge in [0.2, 0.25) is 0 Å². The minimum atomic E-state index is 0.284. The molecule has 15 heavy (non-hydrogen) atoms. The van der Waals surface area contributed by atoms with E-state index in [0.717, 1.165) is 13.0 Å². The molecule has 2 heteroatoms. The minimum absolute atomic E-state index is 0.284. The van der Waals surface area contributed by atoms with Crippen molar-refractivity contribution in [3.63, 3.8) is 0 Å². The molecule has 0 aliphatic heterocycles. The topological polar surface area (TPSA) is 12.0 Å². The fourth-order valence-electron chi connectivity index (χ4n) is 1.78. The fourth-order valence-corrected chi connectivity index (χ4v) is 3.05. The van der Waals surface area contributed by atoms with E-state index in [4.69, 9.17) is 0 Å². The van der Waals surface area contributed by atoms with Crippen LogP contribution in [0.15, 0.2) is 12.1 Å². The molecule has 1 aromatic rings. The summed E-state index contributed by atoms with van der Waals surface area (Å²) < 4.78 is 0. The van der Waals surface area contributed by atoms with Crippen molar-refractivity contribution in [3.8, 4) is 0 Å². The van der Waals surface area contributed by atoms with Crippen molar-refractivity contribution < 1.29 is 0 Å². The average Bonchev–Trinajstić information content (AvgIpc) is 2.60. The Balaban J connectivity index is 2.88. The number of aryl methyl sites for hydroxylation is 1. The molecule has 0 aromatic carbocycles. The Labute approximate surface area is 97.9 Å². The quantitative estimate of drug-likeness (QED) is 0.816. The summed E-state index contributed by atoms with van der Waals surface area (Å²) in [5.74, 6) is 0. The van der Waals surface area contributed by atoms with Crippen LogP contribution in [0.2, 0.25) is 0 Å². The minimum Gasteiger partial charge on any atom is -0.309 e. The van der Waals surface area contributed by atoms with Gasteiger partial charge in [0.15, 0.2) is 0 Å². The van der Waals surface area contributed by atoms with Gasteiger partial charge in [0.25, 0.3) is 0 Å². The molecular weight excluding hydrogens is 202 g/mol. The molecule has 0 spiro atoms. The summed E-state index contributed by atoms with van der Waals surface area (Å²) in [6.07, 6.45) is 1.15. The van der Waals surface area contributed by atoms with Gasteiger partial charge in [-0.1, -0.05) is 34.6 Å². The highest BCUT2D eigenvalue weighted by molar-refractivity contribution is 7.12. The summed E-state index contributed by atoms with van der Waals surface area (Å²) in [6, 6.07) is 5.02. The predicted octanol–water partition coefficient (Wildman–Crippen LogP) is 4.01. The molecule has 86 valence electrons. The number of thiophene rings is 1. The molecule has 0 fully saturated rings. The van der Waals surface area contributed by atoms with E-state index in [-0.39, 0.29) is 5.41 Å². The highest BCUT2D eigenvalue weighted by Crippen LogP contribution is 2.36. The van der Waals surface area contributed by atoms with Gasteiger partial charge in [-0.05, 0) is 30.5 Å². The molecular formula is C13H23NS. The van der Waals surface area contributed by atoms with Gasteiger partial charge in [-0.15, -0.1) is 11.3 Å². The highest BCUT2D eigenvalue weighted by Gasteiger charge is 2.26. The van der Waals surface area contributed by atoms with Crippen LogP contribution in [0.4, 0.5) is 0 Å². The molecule has 0 bridgehead atoms. The molecule has 0 aliphatic rings. The molecule has 1 nitrogen and oxygen atoms in total. The highest BCUT2D eigenvalue weighted by atomic mass is 32.1. The van der Waals surface area contributed by atoms with Crippen LogP contribution in [0.5, 0.6) is 0 Å². The first-order valence-electron chi connectivity index (χ1n) is 5.81. The molecule has 0 amide bonds. The van der Waals surface area contributed by atoms with Gasteiger partial charge in [0, 0.05) is 15.8 Å². The van der Waals surface area contributed by atoms with Crippen molar-refractivity contribution in [2.75, 3.05) is 6.54 Å². The van der Waals surface area contributed by atoms with E-state index < -0.39 is 0 Å². The van der Waals surface area contributed by atoms with Crippen LogP contribution >= 0.6 is 11.3 Å².